The molecule has 84 valence electrons. The molecule has 2 unspecified atom stereocenters. The standard InChI is InChI=1S/C12H26N2/c1-4-12(3,13)10-14-8-5-6-11(2)7-9-14/h11H,4-10,13H2,1-3H3. The summed E-state index contributed by atoms with van der Waals surface area (Å²) in [6, 6.07) is 0. The molecule has 1 saturated heterocycles. The van der Waals surface area contributed by atoms with Gasteiger partial charge in [0.05, 0.1) is 0 Å². The lowest BCUT2D eigenvalue weighted by atomic mass is 10.00. The van der Waals surface area contributed by atoms with Gasteiger partial charge in [0.1, 0.15) is 0 Å². The normalized spacial score (nSPS) is 29.6. The van der Waals surface area contributed by atoms with Crippen molar-refractivity contribution < 1.29 is 0 Å². The Morgan fingerprint density at radius 1 is 1.36 bits per heavy atom. The average molecular weight is 198 g/mol. The quantitative estimate of drug-likeness (QED) is 0.753. The molecule has 14 heavy (non-hydrogen) atoms. The van der Waals surface area contributed by atoms with Gasteiger partial charge in [-0.25, -0.2) is 0 Å². The summed E-state index contributed by atoms with van der Waals surface area (Å²) < 4.78 is 0. The summed E-state index contributed by atoms with van der Waals surface area (Å²) in [6.45, 7) is 10.3. The molecular formula is C12H26N2. The van der Waals surface area contributed by atoms with Gasteiger partial charge in [0.15, 0.2) is 0 Å². The second-order valence-corrected chi connectivity index (χ2v) is 5.32. The zero-order valence-corrected chi connectivity index (χ0v) is 10.1. The zero-order valence-electron chi connectivity index (χ0n) is 10.1. The number of nitrogens with two attached hydrogens (primary N) is 1. The molecule has 0 saturated carbocycles. The van der Waals surface area contributed by atoms with Crippen molar-refractivity contribution >= 4 is 0 Å². The number of hydrogen-bond acceptors (Lipinski definition) is 2. The van der Waals surface area contributed by atoms with Gasteiger partial charge in [0, 0.05) is 12.1 Å². The van der Waals surface area contributed by atoms with Gasteiger partial charge < -0.3 is 10.6 Å². The van der Waals surface area contributed by atoms with Crippen LogP contribution in [0.4, 0.5) is 0 Å². The molecule has 1 rings (SSSR count). The largest absolute Gasteiger partial charge is 0.324 e. The molecule has 1 aliphatic heterocycles. The third kappa shape index (κ3) is 3.97. The minimum atomic E-state index is 0.00752. The Balaban J connectivity index is 2.37. The summed E-state index contributed by atoms with van der Waals surface area (Å²) >= 11 is 0. The minimum Gasteiger partial charge on any atom is -0.324 e. The van der Waals surface area contributed by atoms with E-state index in [1.165, 1.54) is 32.4 Å². The fraction of sp³-hybridized carbons (Fsp3) is 1.00. The van der Waals surface area contributed by atoms with E-state index < -0.39 is 0 Å². The van der Waals surface area contributed by atoms with E-state index in [1.54, 1.807) is 0 Å². The molecule has 0 amide bonds. The van der Waals surface area contributed by atoms with Crippen molar-refractivity contribution in [1.29, 1.82) is 0 Å². The molecular weight excluding hydrogens is 172 g/mol. The SMILES string of the molecule is CCC(C)(N)CN1CCCC(C)CC1. The van der Waals surface area contributed by atoms with E-state index in [0.717, 1.165) is 18.9 Å². The van der Waals surface area contributed by atoms with Gasteiger partial charge in [-0.3, -0.25) is 0 Å². The maximum absolute atomic E-state index is 6.19. The van der Waals surface area contributed by atoms with Crippen molar-refractivity contribution in [2.45, 2.75) is 52.0 Å². The van der Waals surface area contributed by atoms with Gasteiger partial charge in [0.25, 0.3) is 0 Å². The molecule has 1 aliphatic rings. The van der Waals surface area contributed by atoms with Crippen LogP contribution >= 0.6 is 0 Å². The first-order valence-corrected chi connectivity index (χ1v) is 6.05. The second-order valence-electron chi connectivity index (χ2n) is 5.32. The Bertz CT molecular complexity index is 166. The van der Waals surface area contributed by atoms with Gasteiger partial charge in [0.2, 0.25) is 0 Å². The van der Waals surface area contributed by atoms with Crippen LogP contribution in [-0.4, -0.2) is 30.1 Å². The highest BCUT2D eigenvalue weighted by Crippen LogP contribution is 2.18. The summed E-state index contributed by atoms with van der Waals surface area (Å²) in [5.74, 6) is 0.908. The molecule has 2 N–H and O–H groups in total. The van der Waals surface area contributed by atoms with Crippen molar-refractivity contribution in [1.82, 2.24) is 4.90 Å². The Hall–Kier alpha value is -0.0800. The lowest BCUT2D eigenvalue weighted by Crippen LogP contribution is -2.47. The number of hydrogen-bond donors (Lipinski definition) is 1. The summed E-state index contributed by atoms with van der Waals surface area (Å²) in [4.78, 5) is 2.55. The topological polar surface area (TPSA) is 29.3 Å². The summed E-state index contributed by atoms with van der Waals surface area (Å²) in [5.41, 5.74) is 6.20. The Morgan fingerprint density at radius 2 is 2.07 bits per heavy atom. The number of rotatable bonds is 3. The Labute approximate surface area is 88.8 Å². The second kappa shape index (κ2) is 5.13. The van der Waals surface area contributed by atoms with Crippen LogP contribution in [0.5, 0.6) is 0 Å². The Kier molecular flexibility index (Phi) is 4.39. The fourth-order valence-corrected chi connectivity index (χ4v) is 2.10. The minimum absolute atomic E-state index is 0.00752. The fourth-order valence-electron chi connectivity index (χ4n) is 2.10. The lowest BCUT2D eigenvalue weighted by Gasteiger charge is -2.31. The van der Waals surface area contributed by atoms with Crippen LogP contribution in [0.2, 0.25) is 0 Å². The molecule has 0 radical (unpaired) electrons. The van der Waals surface area contributed by atoms with E-state index >= 15 is 0 Å². The van der Waals surface area contributed by atoms with Crippen LogP contribution in [0, 0.1) is 5.92 Å². The third-order valence-corrected chi connectivity index (χ3v) is 3.50. The first-order chi connectivity index (χ1) is 6.53. The van der Waals surface area contributed by atoms with Crippen molar-refractivity contribution in [2.24, 2.45) is 11.7 Å². The van der Waals surface area contributed by atoms with Gasteiger partial charge >= 0.3 is 0 Å². The van der Waals surface area contributed by atoms with Crippen LogP contribution < -0.4 is 5.73 Å². The van der Waals surface area contributed by atoms with Crippen LogP contribution in [0.25, 0.3) is 0 Å². The monoisotopic (exact) mass is 198 g/mol. The average Bonchev–Trinajstić information content (AvgIpc) is 2.31. The predicted molar refractivity (Wildman–Crippen MR) is 62.3 cm³/mol. The van der Waals surface area contributed by atoms with E-state index in [1.807, 2.05) is 0 Å². The zero-order chi connectivity index (χ0) is 10.6. The van der Waals surface area contributed by atoms with Gasteiger partial charge in [-0.15, -0.1) is 0 Å². The van der Waals surface area contributed by atoms with E-state index in [4.69, 9.17) is 5.73 Å². The third-order valence-electron chi connectivity index (χ3n) is 3.50. The highest BCUT2D eigenvalue weighted by atomic mass is 15.1. The molecule has 2 heteroatoms. The van der Waals surface area contributed by atoms with E-state index in [0.29, 0.717) is 0 Å². The molecule has 0 aliphatic carbocycles. The molecule has 0 spiro atoms. The summed E-state index contributed by atoms with van der Waals surface area (Å²) in [5, 5.41) is 0. The lowest BCUT2D eigenvalue weighted by molar-refractivity contribution is 0.218. The van der Waals surface area contributed by atoms with Crippen LogP contribution in [-0.2, 0) is 0 Å². The number of nitrogens with zero attached hydrogens (tertiary/aromatic N) is 1. The van der Waals surface area contributed by atoms with Crippen molar-refractivity contribution in [3.63, 3.8) is 0 Å². The van der Waals surface area contributed by atoms with Crippen LogP contribution in [0.15, 0.2) is 0 Å². The van der Waals surface area contributed by atoms with Gasteiger partial charge in [-0.05, 0) is 51.6 Å². The van der Waals surface area contributed by atoms with Gasteiger partial charge in [-0.2, -0.15) is 0 Å². The van der Waals surface area contributed by atoms with E-state index in [-0.39, 0.29) is 5.54 Å². The highest BCUT2D eigenvalue weighted by Gasteiger charge is 2.21. The molecule has 1 fully saturated rings. The molecule has 0 aromatic carbocycles. The van der Waals surface area contributed by atoms with Crippen molar-refractivity contribution in [3.8, 4) is 0 Å². The molecule has 0 aromatic rings. The molecule has 0 aromatic heterocycles. The smallest absolute Gasteiger partial charge is 0.0252 e. The highest BCUT2D eigenvalue weighted by molar-refractivity contribution is 4.82. The van der Waals surface area contributed by atoms with E-state index in [2.05, 4.69) is 25.7 Å². The first kappa shape index (κ1) is 12.0. The maximum atomic E-state index is 6.19. The van der Waals surface area contributed by atoms with Gasteiger partial charge in [-0.1, -0.05) is 13.8 Å². The molecule has 0 bridgehead atoms. The first-order valence-electron chi connectivity index (χ1n) is 6.05. The summed E-state index contributed by atoms with van der Waals surface area (Å²) in [6.07, 6.45) is 5.16. The molecule has 1 heterocycles. The van der Waals surface area contributed by atoms with Crippen molar-refractivity contribution in [2.75, 3.05) is 19.6 Å². The van der Waals surface area contributed by atoms with E-state index in [9.17, 15) is 0 Å². The summed E-state index contributed by atoms with van der Waals surface area (Å²) in [7, 11) is 0. The van der Waals surface area contributed by atoms with Crippen molar-refractivity contribution in [3.05, 3.63) is 0 Å². The predicted octanol–water partition coefficient (Wildman–Crippen LogP) is 2.24. The Morgan fingerprint density at radius 3 is 2.71 bits per heavy atom. The maximum Gasteiger partial charge on any atom is 0.0252 e. The van der Waals surface area contributed by atoms with Crippen LogP contribution in [0.1, 0.15) is 46.5 Å². The van der Waals surface area contributed by atoms with Crippen LogP contribution in [0.3, 0.4) is 0 Å². The number of likely N-dealkylation sites (tertiary alicyclic amines) is 1. The molecule has 2 nitrogen and oxygen atoms in total. The molecule has 2 atom stereocenters.